The summed E-state index contributed by atoms with van der Waals surface area (Å²) in [7, 11) is 5.31. The third kappa shape index (κ3) is 8.64. The van der Waals surface area contributed by atoms with Crippen LogP contribution in [0.4, 0.5) is 0 Å². The van der Waals surface area contributed by atoms with Crippen molar-refractivity contribution < 1.29 is 29.2 Å². The fourth-order valence-electron chi connectivity index (χ4n) is 3.06. The van der Waals surface area contributed by atoms with Crippen LogP contribution >= 0.6 is 0 Å². The number of nitriles is 2. The summed E-state index contributed by atoms with van der Waals surface area (Å²) in [6, 6.07) is 13.5. The van der Waals surface area contributed by atoms with Crippen molar-refractivity contribution in [3.63, 3.8) is 0 Å². The molecular formula is C26H27BN2O6. The molecule has 3 fully saturated rings. The second kappa shape index (κ2) is 12.8. The molecule has 8 nitrogen and oxygen atoms in total. The van der Waals surface area contributed by atoms with Gasteiger partial charge in [-0.3, -0.25) is 0 Å². The summed E-state index contributed by atoms with van der Waals surface area (Å²) in [6.07, 6.45) is 6.64. The van der Waals surface area contributed by atoms with Crippen molar-refractivity contribution in [1.29, 1.82) is 10.5 Å². The van der Waals surface area contributed by atoms with Crippen LogP contribution < -0.4 is 9.47 Å². The van der Waals surface area contributed by atoms with Crippen LogP contribution in [0.5, 0.6) is 11.5 Å². The fourth-order valence-corrected chi connectivity index (χ4v) is 3.06. The van der Waals surface area contributed by atoms with Crippen molar-refractivity contribution in [1.82, 2.24) is 0 Å². The van der Waals surface area contributed by atoms with Gasteiger partial charge in [-0.25, -0.2) is 4.79 Å². The zero-order valence-corrected chi connectivity index (χ0v) is 19.4. The summed E-state index contributed by atoms with van der Waals surface area (Å²) in [5, 5.41) is 35.3. The van der Waals surface area contributed by atoms with E-state index >= 15 is 0 Å². The third-order valence-corrected chi connectivity index (χ3v) is 5.31. The summed E-state index contributed by atoms with van der Waals surface area (Å²) in [4.78, 5) is 10.9. The number of rotatable bonds is 6. The molecule has 2 N–H and O–H groups in total. The zero-order valence-electron chi connectivity index (χ0n) is 19.4. The smallest absolute Gasteiger partial charge is 0.339 e. The highest BCUT2D eigenvalue weighted by Gasteiger charge is 2.26. The lowest BCUT2D eigenvalue weighted by Gasteiger charge is -2.08. The minimum atomic E-state index is -1.03. The first-order valence-electron chi connectivity index (χ1n) is 11.5. The van der Waals surface area contributed by atoms with E-state index in [1.807, 2.05) is 6.07 Å². The highest BCUT2D eigenvalue weighted by molar-refractivity contribution is 6.11. The van der Waals surface area contributed by atoms with Gasteiger partial charge in [-0.2, -0.15) is 10.5 Å². The number of carboxylic acids is 1. The van der Waals surface area contributed by atoms with Gasteiger partial charge in [-0.15, -0.1) is 0 Å². The number of carboxylic acid groups (broad SMARTS) is 1. The molecule has 1 saturated heterocycles. The Kier molecular flexibility index (Phi) is 9.54. The molecule has 0 spiro atoms. The lowest BCUT2D eigenvalue weighted by Crippen LogP contribution is -2.04. The Labute approximate surface area is 206 Å². The Hall–Kier alpha value is -3.53. The third-order valence-electron chi connectivity index (χ3n) is 5.31. The normalized spacial score (nSPS) is 18.0. The first kappa shape index (κ1) is 26.1. The molecule has 2 aromatic carbocycles. The van der Waals surface area contributed by atoms with Crippen LogP contribution in [0.3, 0.4) is 0 Å². The topological polar surface area (TPSA) is 133 Å². The van der Waals surface area contributed by atoms with E-state index in [4.69, 9.17) is 42.8 Å². The molecule has 180 valence electrons. The van der Waals surface area contributed by atoms with E-state index in [1.54, 1.807) is 18.2 Å². The first-order valence-corrected chi connectivity index (χ1v) is 11.5. The standard InChI is InChI=1S/C11H9NO3.C11H11NO2.C4H7BO/c12-6-7-1-4-9(11(13)14)10(5-7)15-8-2-3-8;12-6-8-1-2-9(7-13)11(5-8)14-10-3-4-10;5-4-2-1-3-6-4/h1,4-5,8H,2-3H2,(H,13,14);1-2,5,10,13H,3-4,7H2;4H,1-3H2. The summed E-state index contributed by atoms with van der Waals surface area (Å²) in [5.74, 6) is -0.0896. The van der Waals surface area contributed by atoms with Gasteiger partial charge in [0.2, 0.25) is 0 Å². The molecule has 2 aliphatic carbocycles. The molecule has 5 rings (SSSR count). The molecule has 35 heavy (non-hydrogen) atoms. The molecule has 3 aliphatic rings. The number of hydrogen-bond acceptors (Lipinski definition) is 7. The molecule has 1 aliphatic heterocycles. The maximum atomic E-state index is 10.9. The molecule has 2 saturated carbocycles. The van der Waals surface area contributed by atoms with Gasteiger partial charge in [-0.05, 0) is 68.9 Å². The summed E-state index contributed by atoms with van der Waals surface area (Å²) < 4.78 is 15.9. The molecule has 1 unspecified atom stereocenters. The quantitative estimate of drug-likeness (QED) is 0.606. The Bertz CT molecular complexity index is 1100. The van der Waals surface area contributed by atoms with E-state index in [0.29, 0.717) is 22.6 Å². The number of benzene rings is 2. The van der Waals surface area contributed by atoms with Gasteiger partial charge in [0.1, 0.15) is 24.9 Å². The maximum absolute atomic E-state index is 10.9. The van der Waals surface area contributed by atoms with Gasteiger partial charge >= 0.3 is 5.97 Å². The van der Waals surface area contributed by atoms with Crippen LogP contribution in [0.15, 0.2) is 36.4 Å². The van der Waals surface area contributed by atoms with Crippen LogP contribution in [0.25, 0.3) is 0 Å². The van der Waals surface area contributed by atoms with Gasteiger partial charge in [0.05, 0.1) is 42.1 Å². The average molecular weight is 474 g/mol. The Balaban J connectivity index is 0.000000159. The van der Waals surface area contributed by atoms with E-state index < -0.39 is 5.97 Å². The maximum Gasteiger partial charge on any atom is 0.339 e. The molecule has 1 heterocycles. The lowest BCUT2D eigenvalue weighted by molar-refractivity contribution is 0.0692. The zero-order chi connectivity index (χ0) is 25.2. The Morgan fingerprint density at radius 1 is 0.971 bits per heavy atom. The molecule has 1 atom stereocenters. The van der Waals surface area contributed by atoms with Crippen LogP contribution in [0.2, 0.25) is 0 Å². The molecule has 0 aromatic heterocycles. The lowest BCUT2D eigenvalue weighted by atomic mass is 9.98. The Morgan fingerprint density at radius 3 is 1.97 bits per heavy atom. The fraction of sp³-hybridized carbons (Fsp3) is 0.423. The predicted molar refractivity (Wildman–Crippen MR) is 127 cm³/mol. The SMILES string of the molecule is N#Cc1ccc(C(=O)O)c(OC2CC2)c1.N#Cc1ccc(CO)c(OC2CC2)c1.[B]C1CCCO1. The van der Waals surface area contributed by atoms with Crippen LogP contribution in [-0.4, -0.2) is 48.8 Å². The van der Waals surface area contributed by atoms with Crippen molar-refractivity contribution in [3.05, 3.63) is 58.7 Å². The van der Waals surface area contributed by atoms with Gasteiger partial charge in [0, 0.05) is 18.2 Å². The van der Waals surface area contributed by atoms with E-state index in [2.05, 4.69) is 6.07 Å². The summed E-state index contributed by atoms with van der Waals surface area (Å²) >= 11 is 0. The van der Waals surface area contributed by atoms with E-state index in [1.165, 1.54) is 18.2 Å². The van der Waals surface area contributed by atoms with Crippen molar-refractivity contribution in [2.45, 2.75) is 63.3 Å². The second-order valence-electron chi connectivity index (χ2n) is 8.41. The van der Waals surface area contributed by atoms with Crippen molar-refractivity contribution in [2.24, 2.45) is 0 Å². The molecule has 2 radical (unpaired) electrons. The van der Waals surface area contributed by atoms with Crippen molar-refractivity contribution in [2.75, 3.05) is 6.61 Å². The van der Waals surface area contributed by atoms with Crippen molar-refractivity contribution in [3.8, 4) is 23.6 Å². The monoisotopic (exact) mass is 474 g/mol. The molecule has 0 amide bonds. The van der Waals surface area contributed by atoms with E-state index in [0.717, 1.165) is 50.7 Å². The Morgan fingerprint density at radius 2 is 1.54 bits per heavy atom. The number of ether oxygens (including phenoxy) is 3. The molecule has 9 heteroatoms. The van der Waals surface area contributed by atoms with Gasteiger partial charge < -0.3 is 24.4 Å². The van der Waals surface area contributed by atoms with Crippen LogP contribution in [-0.2, 0) is 11.3 Å². The number of nitrogens with zero attached hydrogens (tertiary/aromatic N) is 2. The number of aliphatic hydroxyl groups is 1. The number of hydrogen-bond donors (Lipinski definition) is 2. The highest BCUT2D eigenvalue weighted by atomic mass is 16.5. The van der Waals surface area contributed by atoms with E-state index in [-0.39, 0.29) is 30.4 Å². The van der Waals surface area contributed by atoms with Gasteiger partial charge in [0.25, 0.3) is 0 Å². The minimum absolute atomic E-state index is 0.0463. The summed E-state index contributed by atoms with van der Waals surface area (Å²) in [6.45, 7) is 0.814. The second-order valence-corrected chi connectivity index (χ2v) is 8.41. The minimum Gasteiger partial charge on any atom is -0.490 e. The summed E-state index contributed by atoms with van der Waals surface area (Å²) in [5.41, 5.74) is 1.84. The average Bonchev–Trinajstić information content (AvgIpc) is 3.80. The van der Waals surface area contributed by atoms with E-state index in [9.17, 15) is 4.79 Å². The van der Waals surface area contributed by atoms with Gasteiger partial charge in [-0.1, -0.05) is 6.07 Å². The molecule has 2 aromatic rings. The number of carbonyl (C=O) groups is 1. The number of aromatic carboxylic acids is 1. The molecular weight excluding hydrogens is 447 g/mol. The molecule has 0 bridgehead atoms. The largest absolute Gasteiger partial charge is 0.490 e. The van der Waals surface area contributed by atoms with Crippen LogP contribution in [0.1, 0.15) is 65.6 Å². The first-order chi connectivity index (χ1) is 16.9. The van der Waals surface area contributed by atoms with Gasteiger partial charge in [0.15, 0.2) is 0 Å². The highest BCUT2D eigenvalue weighted by Crippen LogP contribution is 2.30. The van der Waals surface area contributed by atoms with Crippen molar-refractivity contribution >= 4 is 13.8 Å². The van der Waals surface area contributed by atoms with Crippen LogP contribution in [0, 0.1) is 22.7 Å². The predicted octanol–water partition coefficient (Wildman–Crippen LogP) is 3.68. The number of aliphatic hydroxyl groups excluding tert-OH is 1.